The molecule has 1 rings (SSSR count). The monoisotopic (exact) mass is 302 g/mol. The summed E-state index contributed by atoms with van der Waals surface area (Å²) in [6.45, 7) is 2.39. The van der Waals surface area contributed by atoms with Crippen molar-refractivity contribution in [3.63, 3.8) is 0 Å². The van der Waals surface area contributed by atoms with Crippen LogP contribution < -0.4 is 10.6 Å². The number of hydrogen-bond donors (Lipinski definition) is 2. The fraction of sp³-hybridized carbons (Fsp3) is 0.417. The topological polar surface area (TPSA) is 41.1 Å². The van der Waals surface area contributed by atoms with E-state index in [-0.39, 0.29) is 17.8 Å². The van der Waals surface area contributed by atoms with Crippen molar-refractivity contribution in [3.8, 4) is 0 Å². The molecule has 0 fully saturated rings. The molecular formula is C12H16BrFN2O. The molecular weight excluding hydrogens is 287 g/mol. The molecule has 0 radical (unpaired) electrons. The molecule has 94 valence electrons. The Bertz CT molecular complexity index is 398. The van der Waals surface area contributed by atoms with Gasteiger partial charge in [-0.25, -0.2) is 4.39 Å². The Labute approximate surface area is 109 Å². The molecule has 1 atom stereocenters. The first-order valence-electron chi connectivity index (χ1n) is 5.43. The van der Waals surface area contributed by atoms with Gasteiger partial charge in [-0.15, -0.1) is 0 Å². The van der Waals surface area contributed by atoms with Crippen LogP contribution in [-0.2, 0) is 4.79 Å². The standard InChI is InChI=1S/C12H16BrFN2O/c1-8(16-6-5-12(17)15-2)10-7-9(13)3-4-11(10)14/h3-4,7-8,16H,5-6H2,1-2H3,(H,15,17). The van der Waals surface area contributed by atoms with E-state index in [2.05, 4.69) is 26.6 Å². The lowest BCUT2D eigenvalue weighted by Gasteiger charge is -2.15. The molecule has 0 aromatic heterocycles. The Morgan fingerprint density at radius 2 is 2.24 bits per heavy atom. The second-order valence-electron chi connectivity index (χ2n) is 3.76. The SMILES string of the molecule is CNC(=O)CCNC(C)c1cc(Br)ccc1F. The fourth-order valence-electron chi connectivity index (χ4n) is 1.48. The van der Waals surface area contributed by atoms with Gasteiger partial charge in [0.2, 0.25) is 5.91 Å². The molecule has 0 aliphatic rings. The molecule has 3 nitrogen and oxygen atoms in total. The Morgan fingerprint density at radius 1 is 1.53 bits per heavy atom. The Morgan fingerprint density at radius 3 is 2.88 bits per heavy atom. The minimum absolute atomic E-state index is 0.0283. The predicted molar refractivity (Wildman–Crippen MR) is 69.2 cm³/mol. The zero-order chi connectivity index (χ0) is 12.8. The third-order valence-corrected chi connectivity index (χ3v) is 3.00. The molecule has 0 saturated carbocycles. The Kier molecular flexibility index (Phi) is 5.58. The average Bonchev–Trinajstić information content (AvgIpc) is 2.31. The Balaban J connectivity index is 2.54. The van der Waals surface area contributed by atoms with Crippen molar-refractivity contribution in [1.82, 2.24) is 10.6 Å². The molecule has 2 N–H and O–H groups in total. The van der Waals surface area contributed by atoms with Crippen molar-refractivity contribution in [2.24, 2.45) is 0 Å². The van der Waals surface area contributed by atoms with E-state index in [9.17, 15) is 9.18 Å². The van der Waals surface area contributed by atoms with Gasteiger partial charge in [-0.1, -0.05) is 15.9 Å². The molecule has 1 aromatic carbocycles. The van der Waals surface area contributed by atoms with Gasteiger partial charge in [0.1, 0.15) is 5.82 Å². The van der Waals surface area contributed by atoms with Gasteiger partial charge in [0.25, 0.3) is 0 Å². The summed E-state index contributed by atoms with van der Waals surface area (Å²) in [5.74, 6) is -0.271. The summed E-state index contributed by atoms with van der Waals surface area (Å²) < 4.78 is 14.4. The third-order valence-electron chi connectivity index (χ3n) is 2.51. The highest BCUT2D eigenvalue weighted by Gasteiger charge is 2.11. The van der Waals surface area contributed by atoms with E-state index in [1.54, 1.807) is 19.2 Å². The smallest absolute Gasteiger partial charge is 0.221 e. The normalized spacial score (nSPS) is 12.2. The van der Waals surface area contributed by atoms with Crippen molar-refractivity contribution in [2.75, 3.05) is 13.6 Å². The van der Waals surface area contributed by atoms with Gasteiger partial charge in [-0.05, 0) is 25.1 Å². The number of rotatable bonds is 5. The van der Waals surface area contributed by atoms with Crippen LogP contribution in [0.2, 0.25) is 0 Å². The zero-order valence-corrected chi connectivity index (χ0v) is 11.5. The molecule has 1 aromatic rings. The highest BCUT2D eigenvalue weighted by atomic mass is 79.9. The van der Waals surface area contributed by atoms with Crippen LogP contribution in [0.15, 0.2) is 22.7 Å². The van der Waals surface area contributed by atoms with Crippen LogP contribution in [0.5, 0.6) is 0 Å². The maximum atomic E-state index is 13.5. The van der Waals surface area contributed by atoms with Crippen LogP contribution in [0.25, 0.3) is 0 Å². The van der Waals surface area contributed by atoms with Gasteiger partial charge < -0.3 is 10.6 Å². The number of amides is 1. The summed E-state index contributed by atoms with van der Waals surface area (Å²) in [6, 6.07) is 4.71. The lowest BCUT2D eigenvalue weighted by atomic mass is 10.1. The number of halogens is 2. The number of nitrogens with one attached hydrogen (secondary N) is 2. The summed E-state index contributed by atoms with van der Waals surface area (Å²) in [7, 11) is 1.60. The van der Waals surface area contributed by atoms with E-state index < -0.39 is 0 Å². The maximum Gasteiger partial charge on any atom is 0.221 e. The summed E-state index contributed by atoms with van der Waals surface area (Å²) in [5, 5.41) is 5.65. The van der Waals surface area contributed by atoms with E-state index in [1.807, 2.05) is 6.92 Å². The predicted octanol–water partition coefficient (Wildman–Crippen LogP) is 2.37. The molecule has 0 saturated heterocycles. The number of hydrogen-bond acceptors (Lipinski definition) is 2. The van der Waals surface area contributed by atoms with E-state index >= 15 is 0 Å². The van der Waals surface area contributed by atoms with Gasteiger partial charge in [-0.2, -0.15) is 0 Å². The minimum atomic E-state index is -0.242. The Hall–Kier alpha value is -0.940. The van der Waals surface area contributed by atoms with Gasteiger partial charge >= 0.3 is 0 Å². The van der Waals surface area contributed by atoms with E-state index in [0.717, 1.165) is 4.47 Å². The molecule has 0 spiro atoms. The first-order chi connectivity index (χ1) is 8.04. The second kappa shape index (κ2) is 6.71. The average molecular weight is 303 g/mol. The minimum Gasteiger partial charge on any atom is -0.359 e. The van der Waals surface area contributed by atoms with Crippen LogP contribution in [0.1, 0.15) is 24.9 Å². The first-order valence-corrected chi connectivity index (χ1v) is 6.22. The van der Waals surface area contributed by atoms with Crippen molar-refractivity contribution in [2.45, 2.75) is 19.4 Å². The zero-order valence-electron chi connectivity index (χ0n) is 9.89. The van der Waals surface area contributed by atoms with E-state index in [4.69, 9.17) is 0 Å². The molecule has 0 aliphatic heterocycles. The number of carbonyl (C=O) groups is 1. The summed E-state index contributed by atoms with van der Waals surface area (Å²) in [6.07, 6.45) is 0.385. The molecule has 5 heteroatoms. The molecule has 0 bridgehead atoms. The molecule has 1 unspecified atom stereocenters. The quantitative estimate of drug-likeness (QED) is 0.877. The highest BCUT2D eigenvalue weighted by Crippen LogP contribution is 2.21. The van der Waals surface area contributed by atoms with Crippen LogP contribution in [0.4, 0.5) is 4.39 Å². The van der Waals surface area contributed by atoms with Crippen molar-refractivity contribution >= 4 is 21.8 Å². The summed E-state index contributed by atoms with van der Waals surface area (Å²) in [4.78, 5) is 11.0. The van der Waals surface area contributed by atoms with Gasteiger partial charge in [0.05, 0.1) is 0 Å². The largest absolute Gasteiger partial charge is 0.359 e. The van der Waals surface area contributed by atoms with Gasteiger partial charge in [-0.3, -0.25) is 4.79 Å². The fourth-order valence-corrected chi connectivity index (χ4v) is 1.86. The van der Waals surface area contributed by atoms with Crippen LogP contribution in [-0.4, -0.2) is 19.5 Å². The molecule has 0 aliphatic carbocycles. The van der Waals surface area contributed by atoms with Gasteiger partial charge in [0.15, 0.2) is 0 Å². The van der Waals surface area contributed by atoms with Gasteiger partial charge in [0, 0.05) is 36.1 Å². The van der Waals surface area contributed by atoms with Crippen LogP contribution in [0.3, 0.4) is 0 Å². The molecule has 1 amide bonds. The molecule has 17 heavy (non-hydrogen) atoms. The van der Waals surface area contributed by atoms with Crippen molar-refractivity contribution < 1.29 is 9.18 Å². The number of benzene rings is 1. The van der Waals surface area contributed by atoms with Crippen LogP contribution >= 0.6 is 15.9 Å². The maximum absolute atomic E-state index is 13.5. The lowest BCUT2D eigenvalue weighted by molar-refractivity contribution is -0.120. The first kappa shape index (κ1) is 14.1. The molecule has 0 heterocycles. The summed E-state index contributed by atoms with van der Waals surface area (Å²) >= 11 is 3.31. The van der Waals surface area contributed by atoms with Crippen molar-refractivity contribution in [1.29, 1.82) is 0 Å². The lowest BCUT2D eigenvalue weighted by Crippen LogP contribution is -2.26. The van der Waals surface area contributed by atoms with Crippen molar-refractivity contribution in [3.05, 3.63) is 34.1 Å². The summed E-state index contributed by atoms with van der Waals surface area (Å²) in [5.41, 5.74) is 0.594. The third kappa shape index (κ3) is 4.44. The number of carbonyl (C=O) groups excluding carboxylic acids is 1. The van der Waals surface area contributed by atoms with Crippen LogP contribution in [0, 0.1) is 5.82 Å². The highest BCUT2D eigenvalue weighted by molar-refractivity contribution is 9.10. The van der Waals surface area contributed by atoms with E-state index in [0.29, 0.717) is 18.5 Å². The van der Waals surface area contributed by atoms with E-state index in [1.165, 1.54) is 6.07 Å². The second-order valence-corrected chi connectivity index (χ2v) is 4.68.